The lowest BCUT2D eigenvalue weighted by atomic mass is 10.2. The minimum absolute atomic E-state index is 0.0328. The fourth-order valence-electron chi connectivity index (χ4n) is 2.43. The van der Waals surface area contributed by atoms with Crippen LogP contribution >= 0.6 is 11.3 Å². The lowest BCUT2D eigenvalue weighted by Crippen LogP contribution is -2.26. The van der Waals surface area contributed by atoms with E-state index < -0.39 is 21.7 Å². The largest absolute Gasteiger partial charge is 0.496 e. The Balaban J connectivity index is 1.74. The summed E-state index contributed by atoms with van der Waals surface area (Å²) in [6.07, 6.45) is 0. The number of ether oxygens (including phenoxy) is 1. The molecule has 0 saturated heterocycles. The summed E-state index contributed by atoms with van der Waals surface area (Å²) in [6.45, 7) is 0.0328. The molecule has 0 bridgehead atoms. The third-order valence-corrected chi connectivity index (χ3v) is 6.92. The molecule has 3 rings (SSSR count). The number of methoxy groups -OCH3 is 1. The van der Waals surface area contributed by atoms with Gasteiger partial charge in [-0.2, -0.15) is 4.31 Å². The average molecular weight is 436 g/mol. The molecule has 0 spiro atoms. The quantitative estimate of drug-likeness (QED) is 0.572. The zero-order chi connectivity index (χ0) is 21.0. The van der Waals surface area contributed by atoms with Crippen molar-refractivity contribution in [2.24, 2.45) is 0 Å². The number of rotatable bonds is 7. The smallest absolute Gasteiger partial charge is 0.272 e. The molecule has 1 amide bonds. The van der Waals surface area contributed by atoms with Gasteiger partial charge in [0.05, 0.1) is 12.7 Å². The van der Waals surface area contributed by atoms with Crippen molar-refractivity contribution in [3.8, 4) is 5.75 Å². The maximum atomic E-state index is 13.0. The van der Waals surface area contributed by atoms with E-state index in [0.717, 1.165) is 15.6 Å². The number of sulfonamides is 1. The summed E-state index contributed by atoms with van der Waals surface area (Å²) < 4.78 is 44.4. The van der Waals surface area contributed by atoms with Crippen molar-refractivity contribution in [2.75, 3.05) is 19.5 Å². The number of nitrogens with one attached hydrogen (secondary N) is 1. The van der Waals surface area contributed by atoms with Gasteiger partial charge in [-0.3, -0.25) is 10.1 Å². The summed E-state index contributed by atoms with van der Waals surface area (Å²) in [7, 11) is -1.11. The predicted molar refractivity (Wildman–Crippen MR) is 106 cm³/mol. The summed E-state index contributed by atoms with van der Waals surface area (Å²) in [5, 5.41) is 9.99. The van der Waals surface area contributed by atoms with Crippen molar-refractivity contribution in [3.63, 3.8) is 0 Å². The first-order valence-corrected chi connectivity index (χ1v) is 10.6. The van der Waals surface area contributed by atoms with Crippen molar-refractivity contribution in [2.45, 2.75) is 10.9 Å². The molecular weight excluding hydrogens is 419 g/mol. The van der Waals surface area contributed by atoms with Crippen LogP contribution in [0, 0.1) is 5.82 Å². The summed E-state index contributed by atoms with van der Waals surface area (Å²) in [4.78, 5) is 12.4. The highest BCUT2D eigenvalue weighted by Gasteiger charge is 2.26. The highest BCUT2D eigenvalue weighted by atomic mass is 32.2. The van der Waals surface area contributed by atoms with E-state index in [-0.39, 0.29) is 21.6 Å². The first kappa shape index (κ1) is 20.8. The van der Waals surface area contributed by atoms with E-state index in [4.69, 9.17) is 4.74 Å². The van der Waals surface area contributed by atoms with E-state index in [1.54, 1.807) is 24.3 Å². The summed E-state index contributed by atoms with van der Waals surface area (Å²) in [5.41, 5.74) is 0.898. The minimum Gasteiger partial charge on any atom is -0.496 e. The molecule has 0 unspecified atom stereocenters. The monoisotopic (exact) mass is 436 g/mol. The standard InChI is InChI=1S/C18H17FN4O4S2/c1-23(11-12-7-9-13(19)10-8-12)29(25,26)18-22-21-17(28-18)20-16(24)14-5-3-4-6-15(14)27-2/h3-10H,11H2,1-2H3,(H,20,21,24). The molecule has 0 aliphatic rings. The highest BCUT2D eigenvalue weighted by molar-refractivity contribution is 7.91. The van der Waals surface area contributed by atoms with Crippen molar-refractivity contribution >= 4 is 32.4 Å². The number of hydrogen-bond acceptors (Lipinski definition) is 7. The van der Waals surface area contributed by atoms with E-state index >= 15 is 0 Å². The number of aromatic nitrogens is 2. The number of carbonyl (C=O) groups is 1. The van der Waals surface area contributed by atoms with Crippen LogP contribution in [0.15, 0.2) is 52.9 Å². The van der Waals surface area contributed by atoms with E-state index in [2.05, 4.69) is 15.5 Å². The maximum Gasteiger partial charge on any atom is 0.272 e. The normalized spacial score (nSPS) is 11.4. The molecule has 8 nitrogen and oxygen atoms in total. The third kappa shape index (κ3) is 4.75. The Morgan fingerprint density at radius 1 is 1.17 bits per heavy atom. The number of nitrogens with zero attached hydrogens (tertiary/aromatic N) is 3. The zero-order valence-corrected chi connectivity index (χ0v) is 17.1. The second kappa shape index (κ2) is 8.64. The maximum absolute atomic E-state index is 13.0. The summed E-state index contributed by atoms with van der Waals surface area (Å²) in [6, 6.07) is 12.1. The first-order valence-electron chi connectivity index (χ1n) is 8.30. The molecule has 2 aromatic carbocycles. The molecule has 0 aliphatic heterocycles. The highest BCUT2D eigenvalue weighted by Crippen LogP contribution is 2.25. The molecule has 1 aromatic heterocycles. The molecule has 1 heterocycles. The van der Waals surface area contributed by atoms with E-state index in [0.29, 0.717) is 11.3 Å². The third-order valence-electron chi connectivity index (χ3n) is 3.93. The molecule has 29 heavy (non-hydrogen) atoms. The number of carbonyl (C=O) groups excluding carboxylic acids is 1. The Morgan fingerprint density at radius 3 is 2.55 bits per heavy atom. The van der Waals surface area contributed by atoms with Crippen LogP contribution in [0.2, 0.25) is 0 Å². The molecule has 0 aliphatic carbocycles. The molecule has 0 fully saturated rings. The van der Waals surface area contributed by atoms with Crippen molar-refractivity contribution in [1.29, 1.82) is 0 Å². The van der Waals surface area contributed by atoms with Gasteiger partial charge in [-0.05, 0) is 29.8 Å². The number of halogens is 1. The van der Waals surface area contributed by atoms with E-state index in [9.17, 15) is 17.6 Å². The van der Waals surface area contributed by atoms with Gasteiger partial charge in [-0.15, -0.1) is 10.2 Å². The van der Waals surface area contributed by atoms with Gasteiger partial charge in [0.15, 0.2) is 0 Å². The summed E-state index contributed by atoms with van der Waals surface area (Å²) in [5.74, 6) is -0.526. The van der Waals surface area contributed by atoms with Crippen LogP contribution in [-0.4, -0.2) is 43.0 Å². The predicted octanol–water partition coefficient (Wildman–Crippen LogP) is 2.76. The Kier molecular flexibility index (Phi) is 6.20. The molecule has 3 aromatic rings. The summed E-state index contributed by atoms with van der Waals surface area (Å²) >= 11 is 0.733. The van der Waals surface area contributed by atoms with Crippen LogP contribution in [0.4, 0.5) is 9.52 Å². The number of benzene rings is 2. The molecule has 1 N–H and O–H groups in total. The van der Waals surface area contributed by atoms with Gasteiger partial charge >= 0.3 is 0 Å². The van der Waals surface area contributed by atoms with Gasteiger partial charge in [0, 0.05) is 13.6 Å². The second-order valence-electron chi connectivity index (χ2n) is 5.92. The van der Waals surface area contributed by atoms with Crippen LogP contribution in [-0.2, 0) is 16.6 Å². The molecule has 0 radical (unpaired) electrons. The second-order valence-corrected chi connectivity index (χ2v) is 9.11. The number of hydrogen-bond donors (Lipinski definition) is 1. The van der Waals surface area contributed by atoms with Crippen molar-refractivity contribution in [3.05, 3.63) is 65.5 Å². The fourth-order valence-corrected chi connectivity index (χ4v) is 4.67. The van der Waals surface area contributed by atoms with Crippen molar-refractivity contribution in [1.82, 2.24) is 14.5 Å². The Hall–Kier alpha value is -2.89. The molecule has 11 heteroatoms. The fraction of sp³-hybridized carbons (Fsp3) is 0.167. The molecule has 0 atom stereocenters. The van der Waals surface area contributed by atoms with Crippen molar-refractivity contribution < 1.29 is 22.3 Å². The minimum atomic E-state index is -3.93. The van der Waals surface area contributed by atoms with Crippen LogP contribution in [0.25, 0.3) is 0 Å². The lowest BCUT2D eigenvalue weighted by molar-refractivity contribution is 0.102. The van der Waals surface area contributed by atoms with E-state index in [1.165, 1.54) is 38.4 Å². The van der Waals surface area contributed by atoms with Crippen LogP contribution in [0.5, 0.6) is 5.75 Å². The van der Waals surface area contributed by atoms with Gasteiger partial charge in [0.2, 0.25) is 9.47 Å². The van der Waals surface area contributed by atoms with Gasteiger partial charge in [-0.1, -0.05) is 35.6 Å². The van der Waals surface area contributed by atoms with E-state index in [1.807, 2.05) is 0 Å². The average Bonchev–Trinajstić information content (AvgIpc) is 3.18. The number of anilines is 1. The molecule has 0 saturated carbocycles. The Morgan fingerprint density at radius 2 is 1.86 bits per heavy atom. The molecule has 152 valence electrons. The number of amides is 1. The topological polar surface area (TPSA) is 101 Å². The van der Waals surface area contributed by atoms with Crippen LogP contribution < -0.4 is 10.1 Å². The lowest BCUT2D eigenvalue weighted by Gasteiger charge is -2.14. The van der Waals surface area contributed by atoms with Gasteiger partial charge in [0.1, 0.15) is 11.6 Å². The van der Waals surface area contributed by atoms with Crippen LogP contribution in [0.3, 0.4) is 0 Å². The van der Waals surface area contributed by atoms with Crippen LogP contribution in [0.1, 0.15) is 15.9 Å². The number of para-hydroxylation sites is 1. The Bertz CT molecular complexity index is 1120. The molecular formula is C18H17FN4O4S2. The van der Waals surface area contributed by atoms with Gasteiger partial charge in [0.25, 0.3) is 15.9 Å². The SMILES string of the molecule is COc1ccccc1C(=O)Nc1nnc(S(=O)(=O)N(C)Cc2ccc(F)cc2)s1. The zero-order valence-electron chi connectivity index (χ0n) is 15.5. The van der Waals surface area contributed by atoms with Gasteiger partial charge in [-0.25, -0.2) is 12.8 Å². The Labute approximate surface area is 171 Å². The first-order chi connectivity index (χ1) is 13.8. The van der Waals surface area contributed by atoms with Gasteiger partial charge < -0.3 is 4.74 Å².